The third kappa shape index (κ3) is 4.51. The number of Topliss-reactive ketones (excluding diaryl/α,β-unsaturated/α-hetero) is 1. The van der Waals surface area contributed by atoms with Crippen molar-refractivity contribution in [2.45, 2.75) is 26.2 Å². The predicted octanol–water partition coefficient (Wildman–Crippen LogP) is 3.81. The third-order valence-electron chi connectivity index (χ3n) is 5.16. The largest absolute Gasteiger partial charge is 0.494 e. The van der Waals surface area contributed by atoms with Crippen LogP contribution >= 0.6 is 0 Å². The number of ether oxygens (including phenoxy) is 1. The van der Waals surface area contributed by atoms with Crippen molar-refractivity contribution >= 4 is 34.7 Å². The Bertz CT molecular complexity index is 1160. The molecular formula is C23H24N6O3. The molecule has 1 saturated carbocycles. The first kappa shape index (κ1) is 21.2. The van der Waals surface area contributed by atoms with E-state index >= 15 is 0 Å². The summed E-state index contributed by atoms with van der Waals surface area (Å²) in [5.41, 5.74) is 8.54. The Kier molecular flexibility index (Phi) is 5.98. The first-order valence-electron chi connectivity index (χ1n) is 10.4. The Balaban J connectivity index is 1.71. The molecule has 9 heteroatoms. The van der Waals surface area contributed by atoms with Crippen LogP contribution in [-0.2, 0) is 4.79 Å². The molecule has 4 rings (SSSR count). The summed E-state index contributed by atoms with van der Waals surface area (Å²) in [7, 11) is 1.56. The van der Waals surface area contributed by atoms with Crippen molar-refractivity contribution in [3.63, 3.8) is 0 Å². The molecule has 2 aromatic heterocycles. The molecule has 1 aromatic carbocycles. The summed E-state index contributed by atoms with van der Waals surface area (Å²) in [5.74, 6) is 1.16. The van der Waals surface area contributed by atoms with Gasteiger partial charge in [0.1, 0.15) is 11.6 Å². The number of nitrogens with two attached hydrogens (primary N) is 1. The van der Waals surface area contributed by atoms with Crippen LogP contribution in [0, 0.1) is 5.92 Å². The minimum Gasteiger partial charge on any atom is -0.494 e. The minimum absolute atomic E-state index is 0.0444. The maximum absolute atomic E-state index is 12.5. The summed E-state index contributed by atoms with van der Waals surface area (Å²) in [5, 5.41) is 6.10. The van der Waals surface area contributed by atoms with Crippen LogP contribution in [0.5, 0.6) is 5.75 Å². The van der Waals surface area contributed by atoms with Crippen molar-refractivity contribution < 1.29 is 14.3 Å². The number of carbonyl (C=O) groups is 2. The van der Waals surface area contributed by atoms with Crippen LogP contribution < -0.4 is 21.1 Å². The van der Waals surface area contributed by atoms with Crippen LogP contribution in [0.4, 0.5) is 23.0 Å². The highest BCUT2D eigenvalue weighted by Gasteiger charge is 2.30. The number of pyridine rings is 1. The van der Waals surface area contributed by atoms with Gasteiger partial charge in [-0.2, -0.15) is 0 Å². The number of ketones is 1. The van der Waals surface area contributed by atoms with Crippen LogP contribution in [0.1, 0.15) is 36.5 Å². The number of nitrogens with one attached hydrogen (secondary N) is 2. The summed E-state index contributed by atoms with van der Waals surface area (Å²) in [4.78, 5) is 37.4. The van der Waals surface area contributed by atoms with Gasteiger partial charge in [0, 0.05) is 30.2 Å². The highest BCUT2D eigenvalue weighted by Crippen LogP contribution is 2.38. The van der Waals surface area contributed by atoms with Crippen molar-refractivity contribution in [3.05, 3.63) is 48.4 Å². The van der Waals surface area contributed by atoms with Crippen molar-refractivity contribution in [1.29, 1.82) is 0 Å². The average Bonchev–Trinajstić information content (AvgIpc) is 3.65. The summed E-state index contributed by atoms with van der Waals surface area (Å²) in [6, 6.07) is 7.20. The molecule has 3 aromatic rings. The number of para-hydroxylation sites is 1. The number of rotatable bonds is 8. The molecule has 0 atom stereocenters. The van der Waals surface area contributed by atoms with Gasteiger partial charge in [0.25, 0.3) is 0 Å². The normalized spacial score (nSPS) is 12.8. The maximum Gasteiger partial charge on any atom is 0.228 e. The predicted molar refractivity (Wildman–Crippen MR) is 122 cm³/mol. The zero-order chi connectivity index (χ0) is 22.7. The van der Waals surface area contributed by atoms with Gasteiger partial charge >= 0.3 is 0 Å². The van der Waals surface area contributed by atoms with E-state index in [1.807, 2.05) is 18.2 Å². The number of nitrogen functional groups attached to an aromatic ring is 1. The number of methoxy groups -OCH3 is 1. The number of hydrogen-bond acceptors (Lipinski definition) is 8. The quantitative estimate of drug-likeness (QED) is 0.458. The molecule has 0 spiro atoms. The fourth-order valence-electron chi connectivity index (χ4n) is 3.29. The van der Waals surface area contributed by atoms with E-state index in [9.17, 15) is 9.59 Å². The van der Waals surface area contributed by atoms with Gasteiger partial charge in [-0.1, -0.05) is 13.0 Å². The molecule has 1 fully saturated rings. The fourth-order valence-corrected chi connectivity index (χ4v) is 3.29. The fraction of sp³-hybridized carbons (Fsp3) is 0.261. The Morgan fingerprint density at radius 2 is 1.94 bits per heavy atom. The topological polar surface area (TPSA) is 132 Å². The van der Waals surface area contributed by atoms with Crippen LogP contribution in [0.15, 0.2) is 42.9 Å². The second-order valence-corrected chi connectivity index (χ2v) is 7.49. The van der Waals surface area contributed by atoms with Crippen molar-refractivity contribution in [1.82, 2.24) is 15.0 Å². The Morgan fingerprint density at radius 3 is 2.59 bits per heavy atom. The lowest BCUT2D eigenvalue weighted by Crippen LogP contribution is -2.15. The number of amides is 1. The highest BCUT2D eigenvalue weighted by atomic mass is 16.5. The van der Waals surface area contributed by atoms with Crippen molar-refractivity contribution in [2.75, 3.05) is 23.5 Å². The number of benzene rings is 1. The van der Waals surface area contributed by atoms with Crippen LogP contribution in [-0.4, -0.2) is 33.8 Å². The monoisotopic (exact) mass is 432 g/mol. The van der Waals surface area contributed by atoms with Crippen molar-refractivity contribution in [2.24, 2.45) is 5.92 Å². The zero-order valence-corrected chi connectivity index (χ0v) is 17.9. The molecule has 1 aliphatic carbocycles. The molecule has 4 N–H and O–H groups in total. The van der Waals surface area contributed by atoms with E-state index in [0.717, 1.165) is 12.8 Å². The van der Waals surface area contributed by atoms with Gasteiger partial charge in [-0.05, 0) is 25.0 Å². The number of hydrogen-bond donors (Lipinski definition) is 3. The maximum atomic E-state index is 12.5. The van der Waals surface area contributed by atoms with E-state index in [0.29, 0.717) is 52.0 Å². The van der Waals surface area contributed by atoms with E-state index in [1.54, 1.807) is 26.3 Å². The SMILES string of the molecule is CCC(=O)c1cnc(NC(=O)C2CC2)cc1Nc1cccc(-c2cnc(N)cn2)c1OC. The Hall–Kier alpha value is -4.01. The molecular weight excluding hydrogens is 408 g/mol. The molecule has 164 valence electrons. The second kappa shape index (κ2) is 9.01. The van der Waals surface area contributed by atoms with E-state index < -0.39 is 0 Å². The standard InChI is InChI=1S/C23H24N6O3/c1-3-19(30)15-10-27-21(29-23(31)13-7-8-13)9-17(15)28-16-6-4-5-14(22(16)32-2)18-11-26-20(24)12-25-18/h4-6,9-13H,3,7-8H2,1-2H3,(H2,24,26)(H2,27,28,29,31). The van der Waals surface area contributed by atoms with Crippen LogP contribution in [0.3, 0.4) is 0 Å². The summed E-state index contributed by atoms with van der Waals surface area (Å²) >= 11 is 0. The first-order chi connectivity index (χ1) is 15.5. The second-order valence-electron chi connectivity index (χ2n) is 7.49. The van der Waals surface area contributed by atoms with Gasteiger partial charge in [-0.25, -0.2) is 9.97 Å². The van der Waals surface area contributed by atoms with E-state index in [4.69, 9.17) is 10.5 Å². The molecule has 0 bridgehead atoms. The first-order valence-corrected chi connectivity index (χ1v) is 10.4. The Morgan fingerprint density at radius 1 is 1.12 bits per heavy atom. The number of carbonyl (C=O) groups excluding carboxylic acids is 2. The molecule has 1 amide bonds. The molecule has 32 heavy (non-hydrogen) atoms. The van der Waals surface area contributed by atoms with E-state index in [2.05, 4.69) is 25.6 Å². The highest BCUT2D eigenvalue weighted by molar-refractivity contribution is 6.03. The van der Waals surface area contributed by atoms with Gasteiger partial charge in [-0.15, -0.1) is 0 Å². The summed E-state index contributed by atoms with van der Waals surface area (Å²) in [6.07, 6.45) is 6.63. The Labute approximate surface area is 185 Å². The van der Waals surface area contributed by atoms with Gasteiger partial charge in [0.2, 0.25) is 5.91 Å². The lowest BCUT2D eigenvalue weighted by molar-refractivity contribution is -0.117. The number of aromatic nitrogens is 3. The lowest BCUT2D eigenvalue weighted by atomic mass is 10.1. The number of nitrogens with zero attached hydrogens (tertiary/aromatic N) is 3. The molecule has 1 aliphatic rings. The van der Waals surface area contributed by atoms with E-state index in [-0.39, 0.29) is 17.6 Å². The van der Waals surface area contributed by atoms with E-state index in [1.165, 1.54) is 12.4 Å². The summed E-state index contributed by atoms with van der Waals surface area (Å²) in [6.45, 7) is 1.79. The minimum atomic E-state index is -0.0698. The van der Waals surface area contributed by atoms with Crippen LogP contribution in [0.25, 0.3) is 11.3 Å². The number of anilines is 4. The van der Waals surface area contributed by atoms with Gasteiger partial charge < -0.3 is 21.1 Å². The van der Waals surface area contributed by atoms with Crippen LogP contribution in [0.2, 0.25) is 0 Å². The average molecular weight is 432 g/mol. The molecule has 0 aliphatic heterocycles. The molecule has 0 radical (unpaired) electrons. The lowest BCUT2D eigenvalue weighted by Gasteiger charge is -2.17. The van der Waals surface area contributed by atoms with Gasteiger partial charge in [-0.3, -0.25) is 14.6 Å². The third-order valence-corrected chi connectivity index (χ3v) is 5.16. The van der Waals surface area contributed by atoms with Crippen molar-refractivity contribution in [3.8, 4) is 17.0 Å². The molecule has 9 nitrogen and oxygen atoms in total. The molecule has 2 heterocycles. The zero-order valence-electron chi connectivity index (χ0n) is 17.9. The smallest absolute Gasteiger partial charge is 0.228 e. The molecule has 0 unspecified atom stereocenters. The van der Waals surface area contributed by atoms with Gasteiger partial charge in [0.15, 0.2) is 11.5 Å². The summed E-state index contributed by atoms with van der Waals surface area (Å²) < 4.78 is 5.66. The molecule has 0 saturated heterocycles. The van der Waals surface area contributed by atoms with Gasteiger partial charge in [0.05, 0.1) is 42.1 Å².